The second kappa shape index (κ2) is 7.55. The van der Waals surface area contributed by atoms with Gasteiger partial charge in [-0.2, -0.15) is 0 Å². The number of carbonyl (C=O) groups is 1. The molecule has 120 valence electrons. The number of carbonyl (C=O) groups excluding carboxylic acids is 1. The first-order chi connectivity index (χ1) is 10.3. The van der Waals surface area contributed by atoms with E-state index in [2.05, 4.69) is 10.2 Å². The van der Waals surface area contributed by atoms with E-state index < -0.39 is 11.7 Å². The molecule has 0 aliphatic rings. The lowest BCUT2D eigenvalue weighted by Gasteiger charge is -2.19. The maximum absolute atomic E-state index is 11.6. The third-order valence-corrected chi connectivity index (χ3v) is 2.72. The Kier molecular flexibility index (Phi) is 6.05. The fraction of sp³-hybridized carbons (Fsp3) is 0.500. The van der Waals surface area contributed by atoms with Crippen LogP contribution < -0.4 is 14.8 Å². The molecule has 0 fully saturated rings. The van der Waals surface area contributed by atoms with Gasteiger partial charge in [0.1, 0.15) is 11.4 Å². The molecule has 0 bridgehead atoms. The minimum absolute atomic E-state index is 0.383. The van der Waals surface area contributed by atoms with Crippen molar-refractivity contribution in [3.05, 3.63) is 29.1 Å². The van der Waals surface area contributed by atoms with Crippen LogP contribution in [0.25, 0.3) is 4.85 Å². The monoisotopic (exact) mass is 305 g/mol. The topological polar surface area (TPSA) is 61.2 Å². The van der Waals surface area contributed by atoms with Gasteiger partial charge in [0.15, 0.2) is 5.75 Å². The van der Waals surface area contributed by atoms with Crippen LogP contribution in [0, 0.1) is 6.57 Å². The first-order valence-corrected chi connectivity index (χ1v) is 6.90. The predicted molar refractivity (Wildman–Crippen MR) is 83.7 cm³/mol. The number of nitrogens with zero attached hydrogens (tertiary/aromatic N) is 1. The van der Waals surface area contributed by atoms with E-state index in [1.807, 2.05) is 20.8 Å². The Hall–Kier alpha value is -2.42. The summed E-state index contributed by atoms with van der Waals surface area (Å²) in [6.07, 6.45) is 0.0978. The van der Waals surface area contributed by atoms with Crippen LogP contribution >= 0.6 is 0 Å². The maximum Gasteiger partial charge on any atom is 0.407 e. The van der Waals surface area contributed by atoms with Crippen LogP contribution in [0.3, 0.4) is 0 Å². The van der Waals surface area contributed by atoms with Gasteiger partial charge in [-0.15, -0.1) is 0 Å². The summed E-state index contributed by atoms with van der Waals surface area (Å²) in [5.41, 5.74) is 0.735. The fourth-order valence-corrected chi connectivity index (χ4v) is 1.85. The van der Waals surface area contributed by atoms with Gasteiger partial charge in [-0.1, -0.05) is 5.56 Å². The molecule has 22 heavy (non-hydrogen) atoms. The molecule has 1 aromatic rings. The molecule has 0 unspecified atom stereocenters. The zero-order chi connectivity index (χ0) is 16.8. The summed E-state index contributed by atoms with van der Waals surface area (Å²) in [7, 11) is 3.02. The van der Waals surface area contributed by atoms with E-state index in [0.29, 0.717) is 30.2 Å². The zero-order valence-corrected chi connectivity index (χ0v) is 13.6. The summed E-state index contributed by atoms with van der Waals surface area (Å²) in [5, 5.41) is 2.68. The van der Waals surface area contributed by atoms with Crippen LogP contribution in [0.5, 0.6) is 11.5 Å². The van der Waals surface area contributed by atoms with Crippen molar-refractivity contribution in [2.24, 2.45) is 0 Å². The number of benzene rings is 1. The van der Waals surface area contributed by atoms with E-state index in [-0.39, 0.29) is 0 Å². The quantitative estimate of drug-likeness (QED) is 0.848. The Balaban J connectivity index is 2.71. The van der Waals surface area contributed by atoms with E-state index in [0.717, 1.165) is 5.56 Å². The van der Waals surface area contributed by atoms with Crippen molar-refractivity contribution in [1.29, 1.82) is 0 Å². The molecular weight excluding hydrogens is 283 g/mol. The Morgan fingerprint density at radius 2 is 1.95 bits per heavy atom. The molecule has 1 N–H and O–H groups in total. The van der Waals surface area contributed by atoms with Gasteiger partial charge in [0.2, 0.25) is 5.69 Å². The van der Waals surface area contributed by atoms with E-state index in [9.17, 15) is 4.79 Å². The number of nitrogens with one attached hydrogen (secondary N) is 1. The molecule has 0 atom stereocenters. The molecular formula is C16H22N2O4. The number of alkyl carbamates (subject to hydrolysis) is 1. The lowest BCUT2D eigenvalue weighted by molar-refractivity contribution is 0.0528. The minimum atomic E-state index is -0.523. The highest BCUT2D eigenvalue weighted by molar-refractivity contribution is 5.68. The molecule has 1 aromatic carbocycles. The van der Waals surface area contributed by atoms with E-state index in [1.54, 1.807) is 12.1 Å². The first kappa shape index (κ1) is 17.6. The highest BCUT2D eigenvalue weighted by Crippen LogP contribution is 2.38. The smallest absolute Gasteiger partial charge is 0.407 e. The van der Waals surface area contributed by atoms with Gasteiger partial charge in [0.25, 0.3) is 0 Å². The maximum atomic E-state index is 11.6. The van der Waals surface area contributed by atoms with Crippen molar-refractivity contribution in [1.82, 2.24) is 5.32 Å². The highest BCUT2D eigenvalue weighted by Gasteiger charge is 2.16. The first-order valence-electron chi connectivity index (χ1n) is 6.90. The van der Waals surface area contributed by atoms with Crippen LogP contribution in [0.2, 0.25) is 0 Å². The molecule has 0 aliphatic carbocycles. The van der Waals surface area contributed by atoms with E-state index >= 15 is 0 Å². The zero-order valence-electron chi connectivity index (χ0n) is 13.6. The molecule has 1 rings (SSSR count). The average Bonchev–Trinajstić information content (AvgIpc) is 2.44. The molecule has 6 nitrogen and oxygen atoms in total. The number of methoxy groups -OCH3 is 2. The molecule has 0 saturated heterocycles. The second-order valence-electron chi connectivity index (χ2n) is 5.64. The van der Waals surface area contributed by atoms with Crippen LogP contribution in [0.4, 0.5) is 10.5 Å². The highest BCUT2D eigenvalue weighted by atomic mass is 16.6. The van der Waals surface area contributed by atoms with Crippen molar-refractivity contribution in [2.75, 3.05) is 20.8 Å². The molecule has 0 heterocycles. The van der Waals surface area contributed by atoms with Gasteiger partial charge in [0, 0.05) is 6.54 Å². The summed E-state index contributed by atoms with van der Waals surface area (Å²) in [4.78, 5) is 15.0. The van der Waals surface area contributed by atoms with Crippen LogP contribution in [-0.2, 0) is 11.2 Å². The second-order valence-corrected chi connectivity index (χ2v) is 5.64. The number of hydrogen-bond donors (Lipinski definition) is 1. The molecule has 0 aliphatic heterocycles. The van der Waals surface area contributed by atoms with Crippen LogP contribution in [-0.4, -0.2) is 32.5 Å². The standard InChI is InChI=1S/C16H22N2O4/c1-16(2,3)22-15(19)18-8-7-11-9-12(17-4)14(21-6)13(10-11)20-5/h9-10H,7-8H2,1-3,5-6H3,(H,18,19)/i4-1. The lowest BCUT2D eigenvalue weighted by Crippen LogP contribution is -2.33. The van der Waals surface area contributed by atoms with Crippen molar-refractivity contribution in [3.8, 4) is 11.5 Å². The van der Waals surface area contributed by atoms with Crippen molar-refractivity contribution >= 4 is 11.8 Å². The van der Waals surface area contributed by atoms with Crippen molar-refractivity contribution in [2.45, 2.75) is 32.8 Å². The summed E-state index contributed by atoms with van der Waals surface area (Å²) < 4.78 is 15.6. The summed E-state index contributed by atoms with van der Waals surface area (Å²) in [6.45, 7) is 13.0. The molecule has 0 radical (unpaired) electrons. The third-order valence-electron chi connectivity index (χ3n) is 2.72. The van der Waals surface area contributed by atoms with Gasteiger partial charge in [-0.25, -0.2) is 9.64 Å². The molecule has 0 saturated carbocycles. The van der Waals surface area contributed by atoms with Crippen molar-refractivity contribution < 1.29 is 19.0 Å². The fourth-order valence-electron chi connectivity index (χ4n) is 1.85. The number of rotatable bonds is 5. The molecule has 1 amide bonds. The van der Waals surface area contributed by atoms with Crippen LogP contribution in [0.15, 0.2) is 12.1 Å². The largest absolute Gasteiger partial charge is 0.504 e. The van der Waals surface area contributed by atoms with Gasteiger partial charge >= 0.3 is 6.09 Å². The van der Waals surface area contributed by atoms with Crippen molar-refractivity contribution in [3.63, 3.8) is 0 Å². The normalized spacial score (nSPS) is 10.5. The Labute approximate surface area is 131 Å². The Bertz CT molecular complexity index is 571. The SMILES string of the molecule is COc1cc(CCNC(=O)OC(C)(C)C)cc([N+]#[11C-])c1OC. The predicted octanol–water partition coefficient (Wildman–Crippen LogP) is 3.32. The Morgan fingerprint density at radius 1 is 1.27 bits per heavy atom. The lowest BCUT2D eigenvalue weighted by atomic mass is 10.1. The third kappa shape index (κ3) is 5.17. The molecule has 0 spiro atoms. The van der Waals surface area contributed by atoms with Gasteiger partial charge in [0.05, 0.1) is 20.8 Å². The molecule has 0 aromatic heterocycles. The average molecular weight is 305 g/mol. The van der Waals surface area contributed by atoms with Gasteiger partial charge in [-0.05, 0) is 39.3 Å². The van der Waals surface area contributed by atoms with E-state index in [4.69, 9.17) is 20.8 Å². The van der Waals surface area contributed by atoms with E-state index in [1.165, 1.54) is 14.2 Å². The number of hydrogen-bond acceptors (Lipinski definition) is 4. The van der Waals surface area contributed by atoms with Gasteiger partial charge < -0.3 is 19.5 Å². The molecule has 6 heteroatoms. The van der Waals surface area contributed by atoms with Gasteiger partial charge in [-0.3, -0.25) is 0 Å². The number of ether oxygens (including phenoxy) is 3. The summed E-state index contributed by atoms with van der Waals surface area (Å²) >= 11 is 0. The summed E-state index contributed by atoms with van der Waals surface area (Å²) in [5.74, 6) is 0.921. The Morgan fingerprint density at radius 3 is 2.45 bits per heavy atom. The number of amides is 1. The minimum Gasteiger partial charge on any atom is -0.504 e. The van der Waals surface area contributed by atoms with Crippen LogP contribution in [0.1, 0.15) is 26.3 Å². The summed E-state index contributed by atoms with van der Waals surface area (Å²) in [6, 6.07) is 3.52.